The molecule has 1 amide bonds. The molecule has 0 aliphatic heterocycles. The standard InChI is InChI=1S/C18H10BrClN2O2S/c19-10-5-6-13-16(9-10)25-18(21-13)22-17(23)15-8-7-14(24-15)11-3-1-2-4-12(11)20/h1-9H,(H,21,22,23). The van der Waals surface area contributed by atoms with Gasteiger partial charge in [0, 0.05) is 10.0 Å². The van der Waals surface area contributed by atoms with E-state index in [9.17, 15) is 4.79 Å². The number of furan rings is 1. The van der Waals surface area contributed by atoms with E-state index in [1.807, 2.05) is 36.4 Å². The molecule has 2 aromatic heterocycles. The van der Waals surface area contributed by atoms with Crippen LogP contribution in [0.3, 0.4) is 0 Å². The van der Waals surface area contributed by atoms with Crippen molar-refractivity contribution in [3.63, 3.8) is 0 Å². The summed E-state index contributed by atoms with van der Waals surface area (Å²) in [6, 6.07) is 16.4. The number of hydrogen-bond acceptors (Lipinski definition) is 4. The third-order valence-corrected chi connectivity index (χ3v) is 5.30. The van der Waals surface area contributed by atoms with E-state index in [0.717, 1.165) is 20.3 Å². The first-order chi connectivity index (χ1) is 12.1. The molecule has 0 saturated carbocycles. The fraction of sp³-hybridized carbons (Fsp3) is 0. The van der Waals surface area contributed by atoms with Crippen molar-refractivity contribution >= 4 is 60.1 Å². The molecule has 0 atom stereocenters. The number of nitrogens with one attached hydrogen (secondary N) is 1. The van der Waals surface area contributed by atoms with Crippen molar-refractivity contribution in [1.82, 2.24) is 4.98 Å². The zero-order valence-corrected chi connectivity index (χ0v) is 15.8. The first-order valence-electron chi connectivity index (χ1n) is 7.32. The van der Waals surface area contributed by atoms with Gasteiger partial charge >= 0.3 is 0 Å². The van der Waals surface area contributed by atoms with E-state index in [1.165, 1.54) is 11.3 Å². The van der Waals surface area contributed by atoms with Crippen molar-refractivity contribution in [1.29, 1.82) is 0 Å². The van der Waals surface area contributed by atoms with Crippen LogP contribution in [0.4, 0.5) is 5.13 Å². The molecule has 1 N–H and O–H groups in total. The van der Waals surface area contributed by atoms with Crippen LogP contribution >= 0.6 is 38.9 Å². The van der Waals surface area contributed by atoms with Crippen molar-refractivity contribution in [2.24, 2.45) is 0 Å². The van der Waals surface area contributed by atoms with Crippen LogP contribution in [-0.2, 0) is 0 Å². The quantitative estimate of drug-likeness (QED) is 0.417. The van der Waals surface area contributed by atoms with Crippen LogP contribution in [0.25, 0.3) is 21.5 Å². The fourth-order valence-corrected chi connectivity index (χ4v) is 4.02. The average Bonchev–Trinajstić information content (AvgIpc) is 3.21. The van der Waals surface area contributed by atoms with E-state index in [2.05, 4.69) is 26.2 Å². The number of hydrogen-bond donors (Lipinski definition) is 1. The molecule has 0 spiro atoms. The second-order valence-electron chi connectivity index (χ2n) is 5.23. The number of amides is 1. The lowest BCUT2D eigenvalue weighted by Crippen LogP contribution is -2.10. The summed E-state index contributed by atoms with van der Waals surface area (Å²) in [7, 11) is 0. The third kappa shape index (κ3) is 3.33. The van der Waals surface area contributed by atoms with Gasteiger partial charge in [0.1, 0.15) is 5.76 Å². The minimum absolute atomic E-state index is 0.204. The summed E-state index contributed by atoms with van der Waals surface area (Å²) in [6.07, 6.45) is 0. The number of carbonyl (C=O) groups is 1. The lowest BCUT2D eigenvalue weighted by Gasteiger charge is -2.00. The topological polar surface area (TPSA) is 55.1 Å². The molecule has 0 saturated heterocycles. The minimum Gasteiger partial charge on any atom is -0.451 e. The summed E-state index contributed by atoms with van der Waals surface area (Å²) in [5, 5.41) is 3.86. The number of benzene rings is 2. The molecule has 2 heterocycles. The normalized spacial score (nSPS) is 11.0. The van der Waals surface area contributed by atoms with Gasteiger partial charge in [-0.05, 0) is 42.5 Å². The Labute approximate surface area is 160 Å². The number of carbonyl (C=O) groups excluding carboxylic acids is 1. The smallest absolute Gasteiger partial charge is 0.293 e. The molecule has 124 valence electrons. The lowest BCUT2D eigenvalue weighted by molar-refractivity contribution is 0.0997. The van der Waals surface area contributed by atoms with Gasteiger partial charge in [-0.3, -0.25) is 10.1 Å². The first-order valence-corrected chi connectivity index (χ1v) is 9.31. The van der Waals surface area contributed by atoms with Gasteiger partial charge in [-0.2, -0.15) is 0 Å². The van der Waals surface area contributed by atoms with Gasteiger partial charge < -0.3 is 4.42 Å². The number of halogens is 2. The highest BCUT2D eigenvalue weighted by atomic mass is 79.9. The summed E-state index contributed by atoms with van der Waals surface area (Å²) in [6.45, 7) is 0. The predicted molar refractivity (Wildman–Crippen MR) is 104 cm³/mol. The Morgan fingerprint density at radius 3 is 2.84 bits per heavy atom. The Hall–Kier alpha value is -2.15. The summed E-state index contributed by atoms with van der Waals surface area (Å²) in [4.78, 5) is 16.8. The van der Waals surface area contributed by atoms with Crippen molar-refractivity contribution < 1.29 is 9.21 Å². The summed E-state index contributed by atoms with van der Waals surface area (Å²) in [5.41, 5.74) is 1.58. The van der Waals surface area contributed by atoms with Crippen LogP contribution in [0.15, 0.2) is 63.5 Å². The van der Waals surface area contributed by atoms with Crippen molar-refractivity contribution in [2.45, 2.75) is 0 Å². The maximum Gasteiger partial charge on any atom is 0.293 e. The second kappa shape index (κ2) is 6.63. The fourth-order valence-electron chi connectivity index (χ4n) is 2.38. The van der Waals surface area contributed by atoms with Gasteiger partial charge in [0.25, 0.3) is 5.91 Å². The molecule has 0 unspecified atom stereocenters. The zero-order valence-electron chi connectivity index (χ0n) is 12.6. The van der Waals surface area contributed by atoms with E-state index in [-0.39, 0.29) is 11.7 Å². The van der Waals surface area contributed by atoms with Crippen LogP contribution in [0.5, 0.6) is 0 Å². The highest BCUT2D eigenvalue weighted by Gasteiger charge is 2.15. The molecule has 0 fully saturated rings. The molecule has 4 nitrogen and oxygen atoms in total. The van der Waals surface area contributed by atoms with Crippen LogP contribution < -0.4 is 5.32 Å². The molecule has 2 aromatic carbocycles. The zero-order chi connectivity index (χ0) is 17.4. The van der Waals surface area contributed by atoms with Crippen LogP contribution in [-0.4, -0.2) is 10.9 Å². The Kier molecular flexibility index (Phi) is 4.33. The van der Waals surface area contributed by atoms with Crippen LogP contribution in [0, 0.1) is 0 Å². The van der Waals surface area contributed by atoms with Gasteiger partial charge in [0.05, 0.1) is 15.2 Å². The maximum atomic E-state index is 12.4. The molecule has 0 bridgehead atoms. The maximum absolute atomic E-state index is 12.4. The Balaban J connectivity index is 1.58. The Morgan fingerprint density at radius 2 is 2.00 bits per heavy atom. The molecule has 0 aliphatic rings. The second-order valence-corrected chi connectivity index (χ2v) is 7.58. The monoisotopic (exact) mass is 432 g/mol. The molecular formula is C18H10BrClN2O2S. The van der Waals surface area contributed by atoms with Crippen LogP contribution in [0.2, 0.25) is 5.02 Å². The molecular weight excluding hydrogens is 424 g/mol. The Bertz CT molecular complexity index is 1090. The molecule has 0 aliphatic carbocycles. The minimum atomic E-state index is -0.351. The molecule has 0 radical (unpaired) electrons. The van der Waals surface area contributed by atoms with Crippen molar-refractivity contribution in [3.05, 3.63) is 69.9 Å². The highest BCUT2D eigenvalue weighted by Crippen LogP contribution is 2.31. The van der Waals surface area contributed by atoms with Crippen molar-refractivity contribution in [3.8, 4) is 11.3 Å². The molecule has 7 heteroatoms. The third-order valence-electron chi connectivity index (χ3n) is 3.54. The number of fused-ring (bicyclic) bond motifs is 1. The van der Waals surface area contributed by atoms with Crippen molar-refractivity contribution in [2.75, 3.05) is 5.32 Å². The number of anilines is 1. The average molecular weight is 434 g/mol. The number of rotatable bonds is 3. The molecule has 4 aromatic rings. The van der Waals surface area contributed by atoms with E-state index >= 15 is 0 Å². The van der Waals surface area contributed by atoms with E-state index < -0.39 is 0 Å². The summed E-state index contributed by atoms with van der Waals surface area (Å²) < 4.78 is 7.61. The SMILES string of the molecule is O=C(Nc1nc2ccc(Br)cc2s1)c1ccc(-c2ccccc2Cl)o1. The van der Waals surface area contributed by atoms with Gasteiger partial charge in [-0.25, -0.2) is 4.98 Å². The number of aromatic nitrogens is 1. The number of thiazole rings is 1. The van der Waals surface area contributed by atoms with Crippen LogP contribution in [0.1, 0.15) is 10.6 Å². The van der Waals surface area contributed by atoms with Gasteiger partial charge in [0.2, 0.25) is 0 Å². The lowest BCUT2D eigenvalue weighted by atomic mass is 10.2. The number of nitrogens with zero attached hydrogens (tertiary/aromatic N) is 1. The highest BCUT2D eigenvalue weighted by molar-refractivity contribution is 9.10. The van der Waals surface area contributed by atoms with Gasteiger partial charge in [0.15, 0.2) is 10.9 Å². The van der Waals surface area contributed by atoms with E-state index in [1.54, 1.807) is 18.2 Å². The molecule has 4 rings (SSSR count). The summed E-state index contributed by atoms with van der Waals surface area (Å²) in [5.74, 6) is 0.399. The van der Waals surface area contributed by atoms with E-state index in [0.29, 0.717) is 15.9 Å². The Morgan fingerprint density at radius 1 is 1.16 bits per heavy atom. The molecule has 25 heavy (non-hydrogen) atoms. The van der Waals surface area contributed by atoms with Gasteiger partial charge in [-0.1, -0.05) is 51.0 Å². The predicted octanol–water partition coefficient (Wildman–Crippen LogP) is 6.22. The summed E-state index contributed by atoms with van der Waals surface area (Å²) >= 11 is 11.0. The first kappa shape index (κ1) is 16.3. The van der Waals surface area contributed by atoms with E-state index in [4.69, 9.17) is 16.0 Å². The largest absolute Gasteiger partial charge is 0.451 e. The van der Waals surface area contributed by atoms with Gasteiger partial charge in [-0.15, -0.1) is 0 Å².